The monoisotopic (exact) mass is 435 g/mol. The summed E-state index contributed by atoms with van der Waals surface area (Å²) in [6.45, 7) is 4.52. The lowest BCUT2D eigenvalue weighted by molar-refractivity contribution is -0.149. The normalized spacial score (nSPS) is 24.2. The Morgan fingerprint density at radius 2 is 1.93 bits per heavy atom. The van der Waals surface area contributed by atoms with Gasteiger partial charge in [-0.2, -0.15) is 0 Å². The zero-order valence-corrected chi connectivity index (χ0v) is 18.8. The van der Waals surface area contributed by atoms with Gasteiger partial charge < -0.3 is 20.1 Å². The summed E-state index contributed by atoms with van der Waals surface area (Å²) >= 11 is 6.56. The smallest absolute Gasteiger partial charge is 0.308 e. The number of ether oxygens (including phenoxy) is 2. The number of benzene rings is 1. The van der Waals surface area contributed by atoms with E-state index in [9.17, 15) is 4.79 Å². The summed E-state index contributed by atoms with van der Waals surface area (Å²) < 4.78 is 10.8. The fraction of sp³-hybridized carbons (Fsp3) is 0.652. The predicted molar refractivity (Wildman–Crippen MR) is 120 cm³/mol. The number of nitrogens with one attached hydrogen (secondary N) is 2. The number of aliphatic imine (C=N–C) groups is 1. The third-order valence-corrected chi connectivity index (χ3v) is 6.73. The van der Waals surface area contributed by atoms with E-state index in [1.54, 1.807) is 7.05 Å². The van der Waals surface area contributed by atoms with E-state index in [0.717, 1.165) is 69.3 Å². The number of guanidine groups is 1. The quantitative estimate of drug-likeness (QED) is 0.405. The number of carbonyl (C=O) groups is 1. The molecule has 1 aliphatic carbocycles. The van der Waals surface area contributed by atoms with Crippen LogP contribution in [-0.2, 0) is 19.7 Å². The van der Waals surface area contributed by atoms with Gasteiger partial charge in [-0.1, -0.05) is 29.8 Å². The Balaban J connectivity index is 1.58. The van der Waals surface area contributed by atoms with Crippen LogP contribution in [0.4, 0.5) is 0 Å². The van der Waals surface area contributed by atoms with Crippen LogP contribution >= 0.6 is 11.6 Å². The summed E-state index contributed by atoms with van der Waals surface area (Å²) in [5.41, 5.74) is 1.10. The third kappa shape index (κ3) is 5.67. The molecule has 0 bridgehead atoms. The highest BCUT2D eigenvalue weighted by atomic mass is 35.5. The second-order valence-corrected chi connectivity index (χ2v) is 8.65. The first kappa shape index (κ1) is 22.9. The Kier molecular flexibility index (Phi) is 8.40. The van der Waals surface area contributed by atoms with Crippen molar-refractivity contribution in [3.8, 4) is 0 Å². The highest BCUT2D eigenvalue weighted by Crippen LogP contribution is 2.38. The molecule has 1 aromatic carbocycles. The minimum absolute atomic E-state index is 0.0312. The summed E-state index contributed by atoms with van der Waals surface area (Å²) in [7, 11) is 1.80. The van der Waals surface area contributed by atoms with E-state index >= 15 is 0 Å². The number of carbonyl (C=O) groups excluding carboxylic acids is 1. The summed E-state index contributed by atoms with van der Waals surface area (Å²) in [5.74, 6) is 0.774. The second kappa shape index (κ2) is 11.0. The first-order valence-electron chi connectivity index (χ1n) is 11.0. The fourth-order valence-corrected chi connectivity index (χ4v) is 4.91. The first-order chi connectivity index (χ1) is 14.6. The van der Waals surface area contributed by atoms with Gasteiger partial charge in [0.05, 0.1) is 12.5 Å². The van der Waals surface area contributed by atoms with Gasteiger partial charge in [0.2, 0.25) is 0 Å². The van der Waals surface area contributed by atoms with Crippen molar-refractivity contribution in [3.63, 3.8) is 0 Å². The van der Waals surface area contributed by atoms with Crippen LogP contribution in [0.2, 0.25) is 5.02 Å². The average molecular weight is 436 g/mol. The summed E-state index contributed by atoms with van der Waals surface area (Å²) in [6.07, 6.45) is 5.43. The first-order valence-corrected chi connectivity index (χ1v) is 11.4. The molecule has 2 N–H and O–H groups in total. The van der Waals surface area contributed by atoms with Crippen LogP contribution in [-0.4, -0.2) is 51.4 Å². The van der Waals surface area contributed by atoms with Gasteiger partial charge >= 0.3 is 5.97 Å². The molecular formula is C23H34ClN3O3. The molecule has 1 aliphatic heterocycles. The van der Waals surface area contributed by atoms with Crippen molar-refractivity contribution in [3.05, 3.63) is 34.9 Å². The zero-order chi connectivity index (χ0) is 21.4. The van der Waals surface area contributed by atoms with Crippen LogP contribution in [0.15, 0.2) is 29.3 Å². The topological polar surface area (TPSA) is 72.0 Å². The molecule has 2 aliphatic rings. The van der Waals surface area contributed by atoms with E-state index in [0.29, 0.717) is 12.6 Å². The zero-order valence-electron chi connectivity index (χ0n) is 18.1. The summed E-state index contributed by atoms with van der Waals surface area (Å²) in [6, 6.07) is 8.42. The maximum atomic E-state index is 12.0. The number of nitrogens with zero attached hydrogens (tertiary/aromatic N) is 1. The summed E-state index contributed by atoms with van der Waals surface area (Å²) in [5, 5.41) is 7.89. The Labute approximate surface area is 184 Å². The molecule has 6 nitrogen and oxygen atoms in total. The molecule has 0 radical (unpaired) electrons. The van der Waals surface area contributed by atoms with Gasteiger partial charge in [0.15, 0.2) is 5.96 Å². The lowest BCUT2D eigenvalue weighted by atomic mass is 9.74. The van der Waals surface area contributed by atoms with Crippen LogP contribution < -0.4 is 10.6 Å². The van der Waals surface area contributed by atoms with Gasteiger partial charge in [0.25, 0.3) is 0 Å². The molecule has 166 valence electrons. The molecule has 2 fully saturated rings. The molecule has 1 saturated carbocycles. The number of rotatable bonds is 6. The molecule has 0 spiro atoms. The van der Waals surface area contributed by atoms with Crippen LogP contribution in [0.1, 0.15) is 51.0 Å². The molecule has 0 amide bonds. The van der Waals surface area contributed by atoms with Crippen molar-refractivity contribution in [1.29, 1.82) is 0 Å². The van der Waals surface area contributed by atoms with Crippen LogP contribution in [0.5, 0.6) is 0 Å². The molecule has 0 unspecified atom stereocenters. The van der Waals surface area contributed by atoms with Gasteiger partial charge in [-0.3, -0.25) is 9.79 Å². The van der Waals surface area contributed by atoms with E-state index in [4.69, 9.17) is 21.1 Å². The number of esters is 1. The van der Waals surface area contributed by atoms with Gasteiger partial charge in [-0.15, -0.1) is 0 Å². The largest absolute Gasteiger partial charge is 0.466 e. The third-order valence-electron chi connectivity index (χ3n) is 6.40. The van der Waals surface area contributed by atoms with Gasteiger partial charge in [-0.25, -0.2) is 0 Å². The van der Waals surface area contributed by atoms with E-state index in [2.05, 4.69) is 21.7 Å². The minimum Gasteiger partial charge on any atom is -0.466 e. The van der Waals surface area contributed by atoms with Gasteiger partial charge in [-0.05, 0) is 57.1 Å². The van der Waals surface area contributed by atoms with Crippen molar-refractivity contribution >= 4 is 23.5 Å². The standard InChI is InChI=1S/C23H34ClN3O3/c1-3-30-21(28)17-8-10-18(11-9-17)27-22(25-2)26-16-23(12-14-29-15-13-23)19-6-4-5-7-20(19)24/h4-7,17-18H,3,8-16H2,1-2H3,(H2,25,26,27). The maximum Gasteiger partial charge on any atom is 0.308 e. The Bertz CT molecular complexity index is 726. The second-order valence-electron chi connectivity index (χ2n) is 8.24. The van der Waals surface area contributed by atoms with Crippen molar-refractivity contribution in [2.24, 2.45) is 10.9 Å². The van der Waals surface area contributed by atoms with Crippen LogP contribution in [0.25, 0.3) is 0 Å². The maximum absolute atomic E-state index is 12.0. The van der Waals surface area contributed by atoms with Crippen LogP contribution in [0, 0.1) is 5.92 Å². The molecule has 30 heavy (non-hydrogen) atoms. The van der Waals surface area contributed by atoms with Crippen molar-refractivity contribution in [2.75, 3.05) is 33.4 Å². The lowest BCUT2D eigenvalue weighted by Crippen LogP contribution is -2.50. The number of hydrogen-bond donors (Lipinski definition) is 2. The van der Waals surface area contributed by atoms with Crippen molar-refractivity contribution in [2.45, 2.75) is 56.9 Å². The SMILES string of the molecule is CCOC(=O)C1CCC(NC(=NC)NCC2(c3ccccc3Cl)CCOCC2)CC1. The molecule has 1 aromatic rings. The van der Waals surface area contributed by atoms with Crippen LogP contribution in [0.3, 0.4) is 0 Å². The number of hydrogen-bond acceptors (Lipinski definition) is 4. The van der Waals surface area contributed by atoms with Crippen molar-refractivity contribution in [1.82, 2.24) is 10.6 Å². The van der Waals surface area contributed by atoms with E-state index in [-0.39, 0.29) is 17.3 Å². The van der Waals surface area contributed by atoms with E-state index in [1.807, 2.05) is 25.1 Å². The Morgan fingerprint density at radius 1 is 1.23 bits per heavy atom. The molecule has 1 heterocycles. The highest BCUT2D eigenvalue weighted by molar-refractivity contribution is 6.31. The average Bonchev–Trinajstić information content (AvgIpc) is 2.78. The summed E-state index contributed by atoms with van der Waals surface area (Å²) in [4.78, 5) is 16.4. The molecule has 7 heteroatoms. The fourth-order valence-electron chi connectivity index (χ4n) is 4.57. The van der Waals surface area contributed by atoms with Gasteiger partial charge in [0, 0.05) is 43.3 Å². The molecule has 3 rings (SSSR count). The molecule has 0 aromatic heterocycles. The minimum atomic E-state index is -0.0736. The number of halogens is 1. The molecular weight excluding hydrogens is 402 g/mol. The Morgan fingerprint density at radius 3 is 2.57 bits per heavy atom. The lowest BCUT2D eigenvalue weighted by Gasteiger charge is -2.39. The Hall–Kier alpha value is -1.79. The molecule has 0 atom stereocenters. The van der Waals surface area contributed by atoms with E-state index < -0.39 is 0 Å². The van der Waals surface area contributed by atoms with E-state index in [1.165, 1.54) is 5.56 Å². The molecule has 1 saturated heterocycles. The van der Waals surface area contributed by atoms with Crippen molar-refractivity contribution < 1.29 is 14.3 Å². The highest BCUT2D eigenvalue weighted by Gasteiger charge is 2.36. The van der Waals surface area contributed by atoms with Gasteiger partial charge in [0.1, 0.15) is 0 Å². The predicted octanol–water partition coefficient (Wildman–Crippen LogP) is 3.68.